The molecule has 31 heavy (non-hydrogen) atoms. The standard InChI is InChI=1S/C22H19ClN6O2/c1-13-6-4-5-7-15(13)12-28-17-19(26(2)22(31)27(3)20(17)30)29-18(24-25-21(28)29)14-8-10-16(23)11-9-14/h4-11H,12H2,1-3H3. The lowest BCUT2D eigenvalue weighted by molar-refractivity contribution is 0.700. The van der Waals surface area contributed by atoms with Crippen LogP contribution in [0.1, 0.15) is 11.1 Å². The Morgan fingerprint density at radius 2 is 1.65 bits per heavy atom. The van der Waals surface area contributed by atoms with Gasteiger partial charge in [0, 0.05) is 24.7 Å². The number of hydrogen-bond donors (Lipinski definition) is 0. The van der Waals surface area contributed by atoms with Crippen LogP contribution in [-0.2, 0) is 20.6 Å². The van der Waals surface area contributed by atoms with Gasteiger partial charge >= 0.3 is 5.69 Å². The highest BCUT2D eigenvalue weighted by atomic mass is 35.5. The van der Waals surface area contributed by atoms with Crippen molar-refractivity contribution >= 4 is 28.5 Å². The first-order valence-electron chi connectivity index (χ1n) is 9.72. The van der Waals surface area contributed by atoms with E-state index in [0.29, 0.717) is 34.3 Å². The minimum Gasteiger partial charge on any atom is -0.298 e. The topological polar surface area (TPSA) is 79.1 Å². The number of benzene rings is 2. The molecule has 156 valence electrons. The molecule has 0 N–H and O–H groups in total. The fourth-order valence-electron chi connectivity index (χ4n) is 3.95. The van der Waals surface area contributed by atoms with Crippen LogP contribution in [0.3, 0.4) is 0 Å². The van der Waals surface area contributed by atoms with Gasteiger partial charge in [0.25, 0.3) is 5.56 Å². The number of aromatic nitrogens is 6. The SMILES string of the molecule is Cc1ccccc1Cn1c2c(=O)n(C)c(=O)n(C)c2n2c(-c3ccc(Cl)cc3)nnc12. The van der Waals surface area contributed by atoms with Gasteiger partial charge in [0.2, 0.25) is 5.78 Å². The second-order valence-corrected chi connectivity index (χ2v) is 7.99. The van der Waals surface area contributed by atoms with E-state index in [2.05, 4.69) is 10.2 Å². The Morgan fingerprint density at radius 1 is 0.935 bits per heavy atom. The smallest absolute Gasteiger partial charge is 0.298 e. The number of rotatable bonds is 3. The predicted octanol–water partition coefficient (Wildman–Crippen LogP) is 2.76. The van der Waals surface area contributed by atoms with Crippen molar-refractivity contribution in [2.45, 2.75) is 13.5 Å². The summed E-state index contributed by atoms with van der Waals surface area (Å²) in [6.07, 6.45) is 0. The lowest BCUT2D eigenvalue weighted by Crippen LogP contribution is -2.37. The first-order valence-corrected chi connectivity index (χ1v) is 10.1. The van der Waals surface area contributed by atoms with E-state index < -0.39 is 5.69 Å². The third-order valence-corrected chi connectivity index (χ3v) is 5.92. The third kappa shape index (κ3) is 2.83. The lowest BCUT2D eigenvalue weighted by atomic mass is 10.1. The summed E-state index contributed by atoms with van der Waals surface area (Å²) in [5, 5.41) is 9.38. The van der Waals surface area contributed by atoms with Crippen molar-refractivity contribution in [3.8, 4) is 11.4 Å². The van der Waals surface area contributed by atoms with Crippen molar-refractivity contribution < 1.29 is 0 Å². The fraction of sp³-hybridized carbons (Fsp3) is 0.182. The lowest BCUT2D eigenvalue weighted by Gasteiger charge is -2.09. The molecule has 5 aromatic rings. The number of hydrogen-bond acceptors (Lipinski definition) is 4. The van der Waals surface area contributed by atoms with Gasteiger partial charge in [-0.25, -0.2) is 9.20 Å². The van der Waals surface area contributed by atoms with Crippen molar-refractivity contribution in [2.24, 2.45) is 14.1 Å². The van der Waals surface area contributed by atoms with Crippen LogP contribution >= 0.6 is 11.6 Å². The molecule has 8 nitrogen and oxygen atoms in total. The van der Waals surface area contributed by atoms with E-state index in [4.69, 9.17) is 11.6 Å². The van der Waals surface area contributed by atoms with Gasteiger partial charge in [-0.05, 0) is 42.3 Å². The molecule has 0 bridgehead atoms. The zero-order valence-corrected chi connectivity index (χ0v) is 18.0. The molecular formula is C22H19ClN6O2. The molecule has 0 radical (unpaired) electrons. The second kappa shape index (κ2) is 6.95. The summed E-state index contributed by atoms with van der Waals surface area (Å²) in [5.74, 6) is 1.02. The summed E-state index contributed by atoms with van der Waals surface area (Å²) in [6.45, 7) is 2.45. The van der Waals surface area contributed by atoms with Crippen LogP contribution in [0.5, 0.6) is 0 Å². The van der Waals surface area contributed by atoms with Crippen molar-refractivity contribution in [1.29, 1.82) is 0 Å². The Labute approximate surface area is 181 Å². The Hall–Kier alpha value is -3.65. The molecule has 0 unspecified atom stereocenters. The molecule has 9 heteroatoms. The summed E-state index contributed by atoms with van der Waals surface area (Å²) in [6, 6.07) is 15.2. The van der Waals surface area contributed by atoms with Crippen LogP contribution in [0.4, 0.5) is 0 Å². The molecule has 0 saturated carbocycles. The maximum Gasteiger partial charge on any atom is 0.332 e. The largest absolute Gasteiger partial charge is 0.332 e. The predicted molar refractivity (Wildman–Crippen MR) is 120 cm³/mol. The zero-order chi connectivity index (χ0) is 21.9. The Bertz CT molecular complexity index is 1590. The minimum absolute atomic E-state index is 0.376. The summed E-state index contributed by atoms with van der Waals surface area (Å²) in [4.78, 5) is 25.9. The number of halogens is 1. The Balaban J connectivity index is 1.92. The number of fused-ring (bicyclic) bond motifs is 3. The van der Waals surface area contributed by atoms with E-state index in [9.17, 15) is 9.59 Å². The van der Waals surface area contributed by atoms with Crippen molar-refractivity contribution in [3.05, 3.63) is 85.5 Å². The fourth-order valence-corrected chi connectivity index (χ4v) is 4.07. The maximum atomic E-state index is 13.2. The molecule has 3 aromatic heterocycles. The summed E-state index contributed by atoms with van der Waals surface area (Å²) < 4.78 is 6.16. The molecule has 0 aliphatic rings. The molecule has 5 rings (SSSR count). The Kier molecular flexibility index (Phi) is 4.33. The van der Waals surface area contributed by atoms with E-state index in [1.165, 1.54) is 11.6 Å². The number of aryl methyl sites for hydroxylation is 2. The van der Waals surface area contributed by atoms with E-state index in [1.54, 1.807) is 23.6 Å². The van der Waals surface area contributed by atoms with Gasteiger partial charge in [0.05, 0.1) is 6.54 Å². The quantitative estimate of drug-likeness (QED) is 0.437. The van der Waals surface area contributed by atoms with Crippen LogP contribution in [0.25, 0.3) is 28.3 Å². The van der Waals surface area contributed by atoms with Crippen molar-refractivity contribution in [2.75, 3.05) is 0 Å². The summed E-state index contributed by atoms with van der Waals surface area (Å²) >= 11 is 6.04. The molecule has 0 atom stereocenters. The van der Waals surface area contributed by atoms with Gasteiger partial charge in [-0.15, -0.1) is 10.2 Å². The Morgan fingerprint density at radius 3 is 2.35 bits per heavy atom. The van der Waals surface area contributed by atoms with Crippen LogP contribution in [0, 0.1) is 6.92 Å². The maximum absolute atomic E-state index is 13.2. The highest BCUT2D eigenvalue weighted by Gasteiger charge is 2.24. The molecular weight excluding hydrogens is 416 g/mol. The van der Waals surface area contributed by atoms with Crippen LogP contribution in [-0.4, -0.2) is 28.3 Å². The molecule has 0 amide bonds. The van der Waals surface area contributed by atoms with Crippen molar-refractivity contribution in [1.82, 2.24) is 28.3 Å². The van der Waals surface area contributed by atoms with Gasteiger partial charge in [0.1, 0.15) is 0 Å². The normalized spacial score (nSPS) is 11.6. The minimum atomic E-state index is -0.414. The van der Waals surface area contributed by atoms with Crippen LogP contribution in [0.2, 0.25) is 5.02 Å². The highest BCUT2D eigenvalue weighted by molar-refractivity contribution is 6.30. The first-order chi connectivity index (χ1) is 14.9. The second-order valence-electron chi connectivity index (χ2n) is 7.56. The van der Waals surface area contributed by atoms with Gasteiger partial charge in [-0.1, -0.05) is 35.9 Å². The monoisotopic (exact) mass is 434 g/mol. The first kappa shape index (κ1) is 19.3. The van der Waals surface area contributed by atoms with Crippen LogP contribution < -0.4 is 11.2 Å². The van der Waals surface area contributed by atoms with Gasteiger partial charge in [0.15, 0.2) is 17.0 Å². The van der Waals surface area contributed by atoms with Crippen molar-refractivity contribution in [3.63, 3.8) is 0 Å². The van der Waals surface area contributed by atoms with E-state index in [0.717, 1.165) is 21.3 Å². The van der Waals surface area contributed by atoms with E-state index in [-0.39, 0.29) is 5.56 Å². The van der Waals surface area contributed by atoms with E-state index >= 15 is 0 Å². The highest BCUT2D eigenvalue weighted by Crippen LogP contribution is 2.26. The molecule has 0 aliphatic carbocycles. The number of imidazole rings is 1. The van der Waals surface area contributed by atoms with Gasteiger partial charge in [-0.3, -0.25) is 18.5 Å². The molecule has 0 fully saturated rings. The molecule has 0 aliphatic heterocycles. The summed E-state index contributed by atoms with van der Waals surface area (Å²) in [7, 11) is 3.13. The zero-order valence-electron chi connectivity index (χ0n) is 17.2. The number of nitrogens with zero attached hydrogens (tertiary/aromatic N) is 6. The van der Waals surface area contributed by atoms with Gasteiger partial charge in [-0.2, -0.15) is 0 Å². The molecule has 3 heterocycles. The third-order valence-electron chi connectivity index (χ3n) is 5.67. The molecule has 0 spiro atoms. The summed E-state index contributed by atoms with van der Waals surface area (Å²) in [5.41, 5.74) is 2.98. The molecule has 2 aromatic carbocycles. The average molecular weight is 435 g/mol. The molecule has 0 saturated heterocycles. The van der Waals surface area contributed by atoms with Crippen LogP contribution in [0.15, 0.2) is 58.1 Å². The van der Waals surface area contributed by atoms with E-state index in [1.807, 2.05) is 47.9 Å². The average Bonchev–Trinajstić information content (AvgIpc) is 3.32. The van der Waals surface area contributed by atoms with Gasteiger partial charge < -0.3 is 0 Å².